The number of nitrogens with zero attached hydrogens (tertiary/aromatic N) is 4. The Morgan fingerprint density at radius 3 is 2.74 bits per heavy atom. The van der Waals surface area contributed by atoms with E-state index in [0.717, 1.165) is 59.0 Å². The average molecular weight is 412 g/mol. The normalized spacial score (nSPS) is 13.5. The van der Waals surface area contributed by atoms with E-state index < -0.39 is 0 Å². The molecule has 3 heterocycles. The van der Waals surface area contributed by atoms with Crippen molar-refractivity contribution in [3.8, 4) is 5.75 Å². The van der Waals surface area contributed by atoms with E-state index in [1.54, 1.807) is 6.33 Å². The van der Waals surface area contributed by atoms with Gasteiger partial charge in [0.05, 0.1) is 29.2 Å². The van der Waals surface area contributed by atoms with Gasteiger partial charge in [-0.15, -0.1) is 0 Å². The summed E-state index contributed by atoms with van der Waals surface area (Å²) in [5, 5.41) is 4.55. The molecule has 0 aliphatic carbocycles. The van der Waals surface area contributed by atoms with E-state index in [-0.39, 0.29) is 6.10 Å². The van der Waals surface area contributed by atoms with Crippen LogP contribution in [0.2, 0.25) is 0 Å². The molecule has 0 spiro atoms. The smallest absolute Gasteiger partial charge is 0.138 e. The molecule has 2 aromatic carbocycles. The van der Waals surface area contributed by atoms with Gasteiger partial charge in [-0.2, -0.15) is 0 Å². The van der Waals surface area contributed by atoms with Gasteiger partial charge in [0.25, 0.3) is 0 Å². The van der Waals surface area contributed by atoms with Crippen LogP contribution in [0.25, 0.3) is 10.9 Å². The number of pyridine rings is 1. The molecule has 31 heavy (non-hydrogen) atoms. The number of nitrogens with one attached hydrogen (secondary N) is 1. The summed E-state index contributed by atoms with van der Waals surface area (Å²) in [6, 6.07) is 18.5. The Bertz CT molecular complexity index is 1220. The fraction of sp³-hybridized carbons (Fsp3) is 0.240. The van der Waals surface area contributed by atoms with Crippen molar-refractivity contribution in [2.24, 2.45) is 0 Å². The van der Waals surface area contributed by atoms with Gasteiger partial charge in [0.1, 0.15) is 17.9 Å². The van der Waals surface area contributed by atoms with Gasteiger partial charge in [-0.3, -0.25) is 9.88 Å². The number of para-hydroxylation sites is 2. The molecule has 1 aliphatic rings. The summed E-state index contributed by atoms with van der Waals surface area (Å²) >= 11 is 0. The molecular formula is C25H25N5O. The minimum Gasteiger partial charge on any atom is -0.491 e. The van der Waals surface area contributed by atoms with Crippen molar-refractivity contribution in [2.75, 3.05) is 5.32 Å². The first kappa shape index (κ1) is 19.5. The van der Waals surface area contributed by atoms with Crippen LogP contribution < -0.4 is 10.1 Å². The van der Waals surface area contributed by atoms with Crippen molar-refractivity contribution in [3.63, 3.8) is 0 Å². The number of fused-ring (bicyclic) bond motifs is 2. The maximum Gasteiger partial charge on any atom is 0.138 e. The molecule has 0 radical (unpaired) electrons. The molecule has 1 N–H and O–H groups in total. The summed E-state index contributed by atoms with van der Waals surface area (Å²) in [5.41, 5.74) is 5.29. The molecule has 5 rings (SSSR count). The van der Waals surface area contributed by atoms with Crippen molar-refractivity contribution < 1.29 is 4.74 Å². The van der Waals surface area contributed by atoms with Crippen molar-refractivity contribution in [3.05, 3.63) is 83.9 Å². The van der Waals surface area contributed by atoms with E-state index in [0.29, 0.717) is 0 Å². The lowest BCUT2D eigenvalue weighted by Crippen LogP contribution is -2.17. The minimum absolute atomic E-state index is 0.147. The third-order valence-electron chi connectivity index (χ3n) is 5.37. The Morgan fingerprint density at radius 2 is 1.84 bits per heavy atom. The fourth-order valence-electron chi connectivity index (χ4n) is 3.98. The minimum atomic E-state index is 0.147. The molecule has 4 aromatic rings. The molecule has 2 aromatic heterocycles. The monoisotopic (exact) mass is 411 g/mol. The highest BCUT2D eigenvalue weighted by molar-refractivity contribution is 5.82. The van der Waals surface area contributed by atoms with Gasteiger partial charge in [-0.05, 0) is 32.0 Å². The van der Waals surface area contributed by atoms with Crippen LogP contribution in [0.15, 0.2) is 67.1 Å². The number of aromatic nitrogens is 3. The van der Waals surface area contributed by atoms with Gasteiger partial charge in [-0.1, -0.05) is 36.4 Å². The highest BCUT2D eigenvalue weighted by Crippen LogP contribution is 2.31. The average Bonchev–Trinajstić information content (AvgIpc) is 3.18. The lowest BCUT2D eigenvalue weighted by molar-refractivity contribution is 0.227. The zero-order valence-corrected chi connectivity index (χ0v) is 17.7. The van der Waals surface area contributed by atoms with E-state index in [4.69, 9.17) is 4.74 Å². The largest absolute Gasteiger partial charge is 0.491 e. The Hall–Kier alpha value is -3.51. The van der Waals surface area contributed by atoms with Gasteiger partial charge in [-0.25, -0.2) is 9.97 Å². The lowest BCUT2D eigenvalue weighted by atomic mass is 10.2. The van der Waals surface area contributed by atoms with Crippen LogP contribution in [0, 0.1) is 0 Å². The zero-order chi connectivity index (χ0) is 21.2. The summed E-state index contributed by atoms with van der Waals surface area (Å²) in [7, 11) is 0. The summed E-state index contributed by atoms with van der Waals surface area (Å²) in [6.45, 7) is 6.49. The Kier molecular flexibility index (Phi) is 5.22. The molecule has 1 aliphatic heterocycles. The van der Waals surface area contributed by atoms with Crippen molar-refractivity contribution in [2.45, 2.75) is 39.6 Å². The molecular weight excluding hydrogens is 386 g/mol. The molecule has 0 amide bonds. The maximum atomic E-state index is 6.00. The van der Waals surface area contributed by atoms with Gasteiger partial charge in [0.15, 0.2) is 0 Å². The number of hydrogen-bond donors (Lipinski definition) is 1. The third kappa shape index (κ3) is 4.20. The summed E-state index contributed by atoms with van der Waals surface area (Å²) < 4.78 is 6.00. The second kappa shape index (κ2) is 8.32. The number of anilines is 2. The van der Waals surface area contributed by atoms with E-state index >= 15 is 0 Å². The Balaban J connectivity index is 1.35. The fourth-order valence-corrected chi connectivity index (χ4v) is 3.98. The highest BCUT2D eigenvalue weighted by Gasteiger charge is 2.25. The summed E-state index contributed by atoms with van der Waals surface area (Å²) in [6.07, 6.45) is 3.63. The van der Waals surface area contributed by atoms with Gasteiger partial charge in [0.2, 0.25) is 0 Å². The first-order valence-corrected chi connectivity index (χ1v) is 10.6. The van der Waals surface area contributed by atoms with Crippen molar-refractivity contribution >= 4 is 22.4 Å². The molecule has 0 unspecified atom stereocenters. The maximum absolute atomic E-state index is 6.00. The number of benzene rings is 2. The second-order valence-corrected chi connectivity index (χ2v) is 8.11. The van der Waals surface area contributed by atoms with Crippen LogP contribution in [-0.4, -0.2) is 26.0 Å². The van der Waals surface area contributed by atoms with Gasteiger partial charge >= 0.3 is 0 Å². The van der Waals surface area contributed by atoms with Crippen LogP contribution in [0.5, 0.6) is 5.75 Å². The third-order valence-corrected chi connectivity index (χ3v) is 5.37. The van der Waals surface area contributed by atoms with Crippen LogP contribution in [0.4, 0.5) is 11.5 Å². The van der Waals surface area contributed by atoms with Crippen molar-refractivity contribution in [1.82, 2.24) is 19.9 Å². The quantitative estimate of drug-likeness (QED) is 0.478. The topological polar surface area (TPSA) is 63.2 Å². The first-order valence-electron chi connectivity index (χ1n) is 10.6. The standard InChI is InChI=1S/C25H25N5O/c1-17(2)31-24-10-6-4-8-19(24)13-30-14-21-23(15-30)27-16-28-25(21)29-20-11-18-7-3-5-9-22(18)26-12-20/h3-12,16-17H,13-15H2,1-2H3,(H,27,28,29). The predicted octanol–water partition coefficient (Wildman–Crippen LogP) is 5.07. The zero-order valence-electron chi connectivity index (χ0n) is 17.7. The SMILES string of the molecule is CC(C)Oc1ccccc1CN1Cc2ncnc(Nc3cnc4ccccc4c3)c2C1. The molecule has 0 bridgehead atoms. The van der Waals surface area contributed by atoms with Crippen LogP contribution in [0.1, 0.15) is 30.7 Å². The van der Waals surface area contributed by atoms with E-state index in [9.17, 15) is 0 Å². The van der Waals surface area contributed by atoms with Gasteiger partial charge < -0.3 is 10.1 Å². The molecule has 0 atom stereocenters. The predicted molar refractivity (Wildman–Crippen MR) is 122 cm³/mol. The number of ether oxygens (including phenoxy) is 1. The Labute approximate surface area is 181 Å². The van der Waals surface area contributed by atoms with E-state index in [1.165, 1.54) is 5.56 Å². The highest BCUT2D eigenvalue weighted by atomic mass is 16.5. The molecule has 6 nitrogen and oxygen atoms in total. The molecule has 0 saturated heterocycles. The molecule has 156 valence electrons. The second-order valence-electron chi connectivity index (χ2n) is 8.11. The van der Waals surface area contributed by atoms with Crippen LogP contribution >= 0.6 is 0 Å². The van der Waals surface area contributed by atoms with E-state index in [2.05, 4.69) is 63.3 Å². The number of rotatable bonds is 6. The number of hydrogen-bond acceptors (Lipinski definition) is 6. The van der Waals surface area contributed by atoms with Crippen molar-refractivity contribution in [1.29, 1.82) is 0 Å². The van der Waals surface area contributed by atoms with Crippen LogP contribution in [0.3, 0.4) is 0 Å². The first-order chi connectivity index (χ1) is 15.2. The Morgan fingerprint density at radius 1 is 1.00 bits per heavy atom. The molecule has 0 fully saturated rings. The van der Waals surface area contributed by atoms with Gasteiger partial charge in [0, 0.05) is 36.1 Å². The van der Waals surface area contributed by atoms with Crippen LogP contribution in [-0.2, 0) is 19.6 Å². The summed E-state index contributed by atoms with van der Waals surface area (Å²) in [5.74, 6) is 1.79. The van der Waals surface area contributed by atoms with E-state index in [1.807, 2.05) is 36.5 Å². The summed E-state index contributed by atoms with van der Waals surface area (Å²) in [4.78, 5) is 16.0. The lowest BCUT2D eigenvalue weighted by Gasteiger charge is -2.19. The molecule has 6 heteroatoms. The molecule has 0 saturated carbocycles.